The molecule has 0 spiro atoms. The first-order valence-electron chi connectivity index (χ1n) is 8.80. The molecule has 0 aromatic carbocycles. The number of thiophene rings is 1. The molecule has 0 radical (unpaired) electrons. The highest BCUT2D eigenvalue weighted by atomic mass is 127. The largest absolute Gasteiger partial charge is 0.353 e. The molecule has 0 unspecified atom stereocenters. The van der Waals surface area contributed by atoms with E-state index in [0.29, 0.717) is 29.9 Å². The fourth-order valence-electron chi connectivity index (χ4n) is 3.12. The number of nitrogens with zero attached hydrogens (tertiary/aromatic N) is 2. The topological polar surface area (TPSA) is 73.8 Å². The summed E-state index contributed by atoms with van der Waals surface area (Å²) in [5.41, 5.74) is 0. The van der Waals surface area contributed by atoms with Gasteiger partial charge in [-0.2, -0.15) is 4.31 Å². The van der Waals surface area contributed by atoms with Crippen LogP contribution in [0.2, 0.25) is 0 Å². The molecule has 0 amide bonds. The molecule has 146 valence electrons. The smallest absolute Gasteiger partial charge is 0.252 e. The minimum atomic E-state index is -3.33. The highest BCUT2D eigenvalue weighted by Gasteiger charge is 2.27. The molecule has 1 saturated heterocycles. The van der Waals surface area contributed by atoms with Gasteiger partial charge in [-0.05, 0) is 37.8 Å². The van der Waals surface area contributed by atoms with Crippen LogP contribution in [0.3, 0.4) is 0 Å². The highest BCUT2D eigenvalue weighted by molar-refractivity contribution is 14.0. The number of sulfonamides is 1. The van der Waals surface area contributed by atoms with E-state index in [9.17, 15) is 8.42 Å². The highest BCUT2D eigenvalue weighted by Crippen LogP contribution is 2.27. The van der Waals surface area contributed by atoms with Crippen LogP contribution in [-0.2, 0) is 16.6 Å². The molecule has 0 bridgehead atoms. The summed E-state index contributed by atoms with van der Waals surface area (Å²) in [6.45, 7) is 1.85. The molecule has 6 nitrogen and oxygen atoms in total. The molecule has 2 heterocycles. The van der Waals surface area contributed by atoms with Gasteiger partial charge in [0, 0.05) is 31.1 Å². The first-order valence-corrected chi connectivity index (χ1v) is 11.1. The molecule has 1 aromatic heterocycles. The SMILES string of the molecule is CN=C(NCc1ccc(S(=O)(=O)N2CCCCC2)s1)NC1CC=CC1.I. The predicted octanol–water partition coefficient (Wildman–Crippen LogP) is 2.92. The lowest BCUT2D eigenvalue weighted by Gasteiger charge is -2.25. The molecule has 9 heteroatoms. The van der Waals surface area contributed by atoms with Gasteiger partial charge in [0.05, 0.1) is 6.54 Å². The van der Waals surface area contributed by atoms with Gasteiger partial charge in [-0.25, -0.2) is 8.42 Å². The Kier molecular flexibility index (Phi) is 8.37. The first kappa shape index (κ1) is 21.6. The Hall–Kier alpha value is -0.650. The van der Waals surface area contributed by atoms with E-state index < -0.39 is 10.0 Å². The minimum absolute atomic E-state index is 0. The fourth-order valence-corrected chi connectivity index (χ4v) is 6.09. The van der Waals surface area contributed by atoms with Gasteiger partial charge in [-0.3, -0.25) is 4.99 Å². The second-order valence-electron chi connectivity index (χ2n) is 6.40. The maximum Gasteiger partial charge on any atom is 0.252 e. The van der Waals surface area contributed by atoms with Gasteiger partial charge in [0.15, 0.2) is 5.96 Å². The maximum atomic E-state index is 12.7. The summed E-state index contributed by atoms with van der Waals surface area (Å²) in [5.74, 6) is 0.752. The Morgan fingerprint density at radius 1 is 1.23 bits per heavy atom. The molecule has 0 saturated carbocycles. The minimum Gasteiger partial charge on any atom is -0.353 e. The fraction of sp³-hybridized carbons (Fsp3) is 0.588. The zero-order valence-corrected chi connectivity index (χ0v) is 18.9. The van der Waals surface area contributed by atoms with Crippen molar-refractivity contribution >= 4 is 51.3 Å². The molecule has 1 aliphatic carbocycles. The molecule has 1 aromatic rings. The first-order chi connectivity index (χ1) is 12.1. The summed E-state index contributed by atoms with van der Waals surface area (Å²) in [7, 11) is -1.59. The average molecular weight is 510 g/mol. The van der Waals surface area contributed by atoms with Crippen molar-refractivity contribution in [3.05, 3.63) is 29.2 Å². The number of aliphatic imine (C=N–C) groups is 1. The molecular weight excluding hydrogens is 483 g/mol. The van der Waals surface area contributed by atoms with Crippen molar-refractivity contribution in [2.24, 2.45) is 4.99 Å². The Morgan fingerprint density at radius 3 is 2.58 bits per heavy atom. The third kappa shape index (κ3) is 5.43. The van der Waals surface area contributed by atoms with Crippen LogP contribution >= 0.6 is 35.3 Å². The summed E-state index contributed by atoms with van der Waals surface area (Å²) in [4.78, 5) is 5.23. The van der Waals surface area contributed by atoms with Crippen LogP contribution in [-0.4, -0.2) is 44.9 Å². The standard InChI is InChI=1S/C17H26N4O2S2.HI/c1-18-17(20-14-7-3-4-8-14)19-13-15-9-10-16(24-15)25(22,23)21-11-5-2-6-12-21;/h3-4,9-10,14H,2,5-8,11-13H2,1H3,(H2,18,19,20);1H. The van der Waals surface area contributed by atoms with Crippen molar-refractivity contribution in [3.8, 4) is 0 Å². The maximum absolute atomic E-state index is 12.7. The quantitative estimate of drug-likeness (QED) is 0.277. The van der Waals surface area contributed by atoms with E-state index in [4.69, 9.17) is 0 Å². The van der Waals surface area contributed by atoms with Gasteiger partial charge in [0.25, 0.3) is 10.0 Å². The van der Waals surface area contributed by atoms with E-state index in [1.807, 2.05) is 6.07 Å². The molecule has 1 aliphatic heterocycles. The van der Waals surface area contributed by atoms with Crippen LogP contribution in [0, 0.1) is 0 Å². The summed E-state index contributed by atoms with van der Waals surface area (Å²) >= 11 is 1.34. The third-order valence-electron chi connectivity index (χ3n) is 4.55. The molecule has 2 aliphatic rings. The normalized spacial score (nSPS) is 19.3. The molecule has 26 heavy (non-hydrogen) atoms. The van der Waals surface area contributed by atoms with Crippen LogP contribution in [0.25, 0.3) is 0 Å². The number of halogens is 1. The molecule has 0 atom stereocenters. The summed E-state index contributed by atoms with van der Waals surface area (Å²) in [5, 5.41) is 6.65. The van der Waals surface area contributed by atoms with Crippen molar-refractivity contribution in [1.82, 2.24) is 14.9 Å². The summed E-state index contributed by atoms with van der Waals surface area (Å²) < 4.78 is 27.5. The van der Waals surface area contributed by atoms with E-state index in [1.54, 1.807) is 17.4 Å². The van der Waals surface area contributed by atoms with Crippen LogP contribution < -0.4 is 10.6 Å². The van der Waals surface area contributed by atoms with Crippen molar-refractivity contribution in [2.45, 2.75) is 48.9 Å². The Balaban J connectivity index is 0.00000243. The van der Waals surface area contributed by atoms with Crippen LogP contribution in [0.4, 0.5) is 0 Å². The van der Waals surface area contributed by atoms with Crippen LogP contribution in [0.1, 0.15) is 37.0 Å². The third-order valence-corrected chi connectivity index (χ3v) is 8.00. The Bertz CT molecular complexity index is 732. The van der Waals surface area contributed by atoms with Gasteiger partial charge >= 0.3 is 0 Å². The van der Waals surface area contributed by atoms with Crippen LogP contribution in [0.5, 0.6) is 0 Å². The molecule has 1 fully saturated rings. The van der Waals surface area contributed by atoms with E-state index >= 15 is 0 Å². The van der Waals surface area contributed by atoms with E-state index in [1.165, 1.54) is 11.3 Å². The summed E-state index contributed by atoms with van der Waals surface area (Å²) in [6.07, 6.45) is 9.39. The second kappa shape index (κ2) is 10.0. The predicted molar refractivity (Wildman–Crippen MR) is 118 cm³/mol. The lowest BCUT2D eigenvalue weighted by Crippen LogP contribution is -2.41. The number of nitrogens with one attached hydrogen (secondary N) is 2. The second-order valence-corrected chi connectivity index (χ2v) is 9.73. The number of guanidine groups is 1. The van der Waals surface area contributed by atoms with Crippen molar-refractivity contribution in [2.75, 3.05) is 20.1 Å². The number of rotatable bonds is 5. The van der Waals surface area contributed by atoms with Gasteiger partial charge in [0.2, 0.25) is 0 Å². The van der Waals surface area contributed by atoms with Crippen molar-refractivity contribution in [1.29, 1.82) is 0 Å². The molecule has 2 N–H and O–H groups in total. The molecule has 3 rings (SSSR count). The van der Waals surface area contributed by atoms with E-state index in [0.717, 1.165) is 42.9 Å². The van der Waals surface area contributed by atoms with Gasteiger partial charge in [-0.1, -0.05) is 18.6 Å². The van der Waals surface area contributed by atoms with E-state index in [-0.39, 0.29) is 24.0 Å². The van der Waals surface area contributed by atoms with Crippen LogP contribution in [0.15, 0.2) is 33.5 Å². The average Bonchev–Trinajstić information content (AvgIpc) is 3.31. The lowest BCUT2D eigenvalue weighted by molar-refractivity contribution is 0.347. The van der Waals surface area contributed by atoms with E-state index in [2.05, 4.69) is 27.8 Å². The van der Waals surface area contributed by atoms with Gasteiger partial charge < -0.3 is 10.6 Å². The van der Waals surface area contributed by atoms with Gasteiger partial charge in [0.1, 0.15) is 4.21 Å². The Labute approximate surface area is 177 Å². The Morgan fingerprint density at radius 2 is 1.92 bits per heavy atom. The number of piperidine rings is 1. The number of hydrogen-bond acceptors (Lipinski definition) is 4. The number of hydrogen-bond donors (Lipinski definition) is 2. The van der Waals surface area contributed by atoms with Crippen molar-refractivity contribution in [3.63, 3.8) is 0 Å². The lowest BCUT2D eigenvalue weighted by atomic mass is 10.2. The monoisotopic (exact) mass is 510 g/mol. The zero-order valence-electron chi connectivity index (χ0n) is 15.0. The molecular formula is C17H27IN4O2S2. The zero-order chi connectivity index (χ0) is 17.7. The van der Waals surface area contributed by atoms with Crippen molar-refractivity contribution < 1.29 is 8.42 Å². The summed E-state index contributed by atoms with van der Waals surface area (Å²) in [6, 6.07) is 4.01. The van der Waals surface area contributed by atoms with Gasteiger partial charge in [-0.15, -0.1) is 35.3 Å².